The summed E-state index contributed by atoms with van der Waals surface area (Å²) >= 11 is 0. The van der Waals surface area contributed by atoms with Crippen molar-refractivity contribution in [3.8, 4) is 0 Å². The van der Waals surface area contributed by atoms with E-state index < -0.39 is 6.10 Å². The van der Waals surface area contributed by atoms with E-state index in [2.05, 4.69) is 10.6 Å². The maximum absolute atomic E-state index is 12.2. The first-order chi connectivity index (χ1) is 9.24. The number of benzene rings is 1. The Morgan fingerprint density at radius 2 is 2.10 bits per heavy atom. The maximum atomic E-state index is 12.2. The topological polar surface area (TPSA) is 61.4 Å². The summed E-state index contributed by atoms with van der Waals surface area (Å²) in [6.45, 7) is 0.946. The van der Waals surface area contributed by atoms with E-state index in [9.17, 15) is 9.90 Å². The Morgan fingerprint density at radius 1 is 1.30 bits per heavy atom. The van der Waals surface area contributed by atoms with Gasteiger partial charge in [0.2, 0.25) is 0 Å². The number of anilines is 1. The van der Waals surface area contributed by atoms with E-state index in [4.69, 9.17) is 0 Å². The number of rotatable bonds is 2. The molecule has 1 amide bonds. The summed E-state index contributed by atoms with van der Waals surface area (Å²) < 4.78 is 0. The molecule has 0 unspecified atom stereocenters. The van der Waals surface area contributed by atoms with Crippen molar-refractivity contribution < 1.29 is 9.90 Å². The molecule has 110 valence electrons. The van der Waals surface area contributed by atoms with Gasteiger partial charge in [-0.25, -0.2) is 0 Å². The molecule has 2 atom stereocenters. The van der Waals surface area contributed by atoms with Crippen molar-refractivity contribution in [3.63, 3.8) is 0 Å². The van der Waals surface area contributed by atoms with Crippen LogP contribution in [0.4, 0.5) is 5.69 Å². The highest BCUT2D eigenvalue weighted by Crippen LogP contribution is 2.23. The van der Waals surface area contributed by atoms with Crippen LogP contribution < -0.4 is 10.6 Å². The van der Waals surface area contributed by atoms with Gasteiger partial charge in [-0.3, -0.25) is 4.79 Å². The van der Waals surface area contributed by atoms with E-state index in [0.29, 0.717) is 5.56 Å². The molecule has 20 heavy (non-hydrogen) atoms. The second-order valence-electron chi connectivity index (χ2n) is 5.48. The van der Waals surface area contributed by atoms with Crippen LogP contribution in [0.1, 0.15) is 41.6 Å². The number of hydrogen-bond donors (Lipinski definition) is 3. The summed E-state index contributed by atoms with van der Waals surface area (Å²) in [4.78, 5) is 12.2. The van der Waals surface area contributed by atoms with Gasteiger partial charge in [0.15, 0.2) is 0 Å². The Hall–Kier alpha value is -1.26. The molecule has 0 saturated heterocycles. The van der Waals surface area contributed by atoms with E-state index in [1.165, 1.54) is 5.56 Å². The summed E-state index contributed by atoms with van der Waals surface area (Å²) in [5.41, 5.74) is 3.03. The van der Waals surface area contributed by atoms with Crippen molar-refractivity contribution in [2.24, 2.45) is 0 Å². The molecule has 4 nitrogen and oxygen atoms in total. The fourth-order valence-corrected chi connectivity index (χ4v) is 2.98. The number of amides is 1. The third kappa shape index (κ3) is 3.07. The number of aliphatic hydroxyl groups excluding tert-OH is 1. The molecule has 0 spiro atoms. The monoisotopic (exact) mass is 296 g/mol. The predicted octanol–water partition coefficient (Wildman–Crippen LogP) is 2.11. The first-order valence-electron chi connectivity index (χ1n) is 7.10. The first kappa shape index (κ1) is 15.1. The molecule has 3 rings (SSSR count). The van der Waals surface area contributed by atoms with Crippen LogP contribution >= 0.6 is 12.4 Å². The highest BCUT2D eigenvalue weighted by molar-refractivity contribution is 5.95. The van der Waals surface area contributed by atoms with E-state index in [1.807, 2.05) is 18.2 Å². The van der Waals surface area contributed by atoms with Crippen molar-refractivity contribution in [1.29, 1.82) is 0 Å². The molecular weight excluding hydrogens is 276 g/mol. The number of carbonyl (C=O) groups is 1. The molecule has 1 heterocycles. The minimum atomic E-state index is -0.395. The normalized spacial score (nSPS) is 24.2. The third-order valence-corrected chi connectivity index (χ3v) is 4.12. The molecular formula is C15H21ClN2O2. The average Bonchev–Trinajstić information content (AvgIpc) is 2.88. The van der Waals surface area contributed by atoms with Gasteiger partial charge in [-0.05, 0) is 43.0 Å². The lowest BCUT2D eigenvalue weighted by Crippen LogP contribution is -2.45. The molecule has 0 radical (unpaired) electrons. The summed E-state index contributed by atoms with van der Waals surface area (Å²) in [7, 11) is 0. The van der Waals surface area contributed by atoms with E-state index in [-0.39, 0.29) is 24.4 Å². The summed E-state index contributed by atoms with van der Waals surface area (Å²) in [5.74, 6) is -0.0688. The number of aliphatic hydroxyl groups is 1. The van der Waals surface area contributed by atoms with E-state index >= 15 is 0 Å². The van der Waals surface area contributed by atoms with Crippen LogP contribution in [-0.2, 0) is 6.42 Å². The van der Waals surface area contributed by atoms with Gasteiger partial charge in [0.25, 0.3) is 5.91 Å². The minimum Gasteiger partial charge on any atom is -0.391 e. The Labute approximate surface area is 125 Å². The van der Waals surface area contributed by atoms with Gasteiger partial charge < -0.3 is 15.7 Å². The lowest BCUT2D eigenvalue weighted by Gasteiger charge is -2.28. The zero-order valence-corrected chi connectivity index (χ0v) is 12.2. The molecule has 2 aliphatic rings. The van der Waals surface area contributed by atoms with E-state index in [1.54, 1.807) is 0 Å². The fraction of sp³-hybridized carbons (Fsp3) is 0.533. The smallest absolute Gasteiger partial charge is 0.251 e. The second-order valence-corrected chi connectivity index (χ2v) is 5.48. The Morgan fingerprint density at radius 3 is 2.90 bits per heavy atom. The van der Waals surface area contributed by atoms with Gasteiger partial charge >= 0.3 is 0 Å². The number of carbonyl (C=O) groups excluding carboxylic acids is 1. The van der Waals surface area contributed by atoms with Gasteiger partial charge in [0, 0.05) is 17.8 Å². The Bertz CT molecular complexity index is 493. The van der Waals surface area contributed by atoms with Crippen LogP contribution in [0.2, 0.25) is 0 Å². The molecule has 1 aromatic carbocycles. The predicted molar refractivity (Wildman–Crippen MR) is 81.6 cm³/mol. The molecule has 1 saturated carbocycles. The standard InChI is InChI=1S/C15H20N2O2.ClH/c18-14-4-2-1-3-13(14)17-15(19)11-5-6-12-10(9-11)7-8-16-12;/h5-6,9,13-14,16,18H,1-4,7-8H2,(H,17,19);1H/t13-,14-;/m0./s1. The van der Waals surface area contributed by atoms with E-state index in [0.717, 1.165) is 44.3 Å². The molecule has 0 bridgehead atoms. The highest BCUT2D eigenvalue weighted by atomic mass is 35.5. The zero-order valence-electron chi connectivity index (χ0n) is 11.4. The summed E-state index contributed by atoms with van der Waals surface area (Å²) in [6, 6.07) is 5.68. The van der Waals surface area contributed by atoms with Crippen LogP contribution in [0.15, 0.2) is 18.2 Å². The maximum Gasteiger partial charge on any atom is 0.251 e. The van der Waals surface area contributed by atoms with Gasteiger partial charge in [-0.2, -0.15) is 0 Å². The molecule has 1 aliphatic heterocycles. The quantitative estimate of drug-likeness (QED) is 0.783. The molecule has 1 aromatic rings. The minimum absolute atomic E-state index is 0. The van der Waals surface area contributed by atoms with Gasteiger partial charge in [0.05, 0.1) is 12.1 Å². The molecule has 1 fully saturated rings. The SMILES string of the molecule is Cl.O=C(N[C@H]1CCCC[C@@H]1O)c1ccc2c(c1)CCN2. The molecule has 0 aromatic heterocycles. The largest absolute Gasteiger partial charge is 0.391 e. The molecule has 5 heteroatoms. The number of hydrogen-bond acceptors (Lipinski definition) is 3. The van der Waals surface area contributed by atoms with Crippen molar-refractivity contribution in [3.05, 3.63) is 29.3 Å². The number of fused-ring (bicyclic) bond motifs is 1. The van der Waals surface area contributed by atoms with Gasteiger partial charge in [-0.15, -0.1) is 12.4 Å². The number of nitrogens with one attached hydrogen (secondary N) is 2. The van der Waals surface area contributed by atoms with Crippen molar-refractivity contribution in [2.45, 2.75) is 44.2 Å². The number of halogens is 1. The lowest BCUT2D eigenvalue weighted by atomic mass is 9.92. The van der Waals surface area contributed by atoms with Crippen molar-refractivity contribution >= 4 is 24.0 Å². The van der Waals surface area contributed by atoms with Crippen LogP contribution in [0.5, 0.6) is 0 Å². The van der Waals surface area contributed by atoms with Gasteiger partial charge in [-0.1, -0.05) is 12.8 Å². The third-order valence-electron chi connectivity index (χ3n) is 4.12. The summed E-state index contributed by atoms with van der Waals surface area (Å²) in [6.07, 6.45) is 4.38. The Kier molecular flexibility index (Phi) is 4.89. The first-order valence-corrected chi connectivity index (χ1v) is 7.10. The van der Waals surface area contributed by atoms with Crippen molar-refractivity contribution in [1.82, 2.24) is 5.32 Å². The average molecular weight is 297 g/mol. The van der Waals surface area contributed by atoms with Crippen LogP contribution in [0.3, 0.4) is 0 Å². The zero-order chi connectivity index (χ0) is 13.2. The Balaban J connectivity index is 0.00000147. The van der Waals surface area contributed by atoms with Crippen LogP contribution in [-0.4, -0.2) is 29.7 Å². The van der Waals surface area contributed by atoms with Crippen LogP contribution in [0.25, 0.3) is 0 Å². The summed E-state index contributed by atoms with van der Waals surface area (Å²) in [5, 5.41) is 16.1. The van der Waals surface area contributed by atoms with Crippen molar-refractivity contribution in [2.75, 3.05) is 11.9 Å². The molecule has 3 N–H and O–H groups in total. The van der Waals surface area contributed by atoms with Crippen LogP contribution in [0, 0.1) is 0 Å². The molecule has 1 aliphatic carbocycles. The fourth-order valence-electron chi connectivity index (χ4n) is 2.98. The second kappa shape index (κ2) is 6.46. The van der Waals surface area contributed by atoms with Gasteiger partial charge in [0.1, 0.15) is 0 Å². The lowest BCUT2D eigenvalue weighted by molar-refractivity contribution is 0.0717. The highest BCUT2D eigenvalue weighted by Gasteiger charge is 2.25.